The fourth-order valence-electron chi connectivity index (χ4n) is 3.98. The van der Waals surface area contributed by atoms with E-state index in [9.17, 15) is 9.18 Å². The number of amides is 2. The molecule has 1 atom stereocenters. The number of benzene rings is 1. The largest absolute Gasteiger partial charge is 0.377 e. The number of carbonyl (C=O) groups is 1. The highest BCUT2D eigenvalue weighted by molar-refractivity contribution is 5.91. The third-order valence-corrected chi connectivity index (χ3v) is 5.66. The van der Waals surface area contributed by atoms with E-state index < -0.39 is 5.82 Å². The zero-order valence-corrected chi connectivity index (χ0v) is 18.7. The van der Waals surface area contributed by atoms with Crippen LogP contribution in [0.3, 0.4) is 0 Å². The van der Waals surface area contributed by atoms with Gasteiger partial charge in [-0.15, -0.1) is 0 Å². The first kappa shape index (κ1) is 21.9. The SMILES string of the molecule is CCO[C@@H]1CCN(C(=O)Nc2cc(-c3cc4cnc(NC)nc4nc3C)c(C)cc2F)C1. The molecule has 1 aliphatic rings. The van der Waals surface area contributed by atoms with Crippen LogP contribution in [0.5, 0.6) is 0 Å². The van der Waals surface area contributed by atoms with Gasteiger partial charge in [0.05, 0.1) is 11.8 Å². The summed E-state index contributed by atoms with van der Waals surface area (Å²) in [4.78, 5) is 27.6. The smallest absolute Gasteiger partial charge is 0.322 e. The summed E-state index contributed by atoms with van der Waals surface area (Å²) in [5.74, 6) is 0.0159. The van der Waals surface area contributed by atoms with Gasteiger partial charge in [0.15, 0.2) is 5.65 Å². The molecule has 168 valence electrons. The number of pyridine rings is 1. The lowest BCUT2D eigenvalue weighted by Gasteiger charge is -2.19. The Labute approximate surface area is 186 Å². The number of hydrogen-bond acceptors (Lipinski definition) is 6. The Morgan fingerprint density at radius 2 is 2.06 bits per heavy atom. The van der Waals surface area contributed by atoms with Gasteiger partial charge in [-0.3, -0.25) is 0 Å². The Morgan fingerprint density at radius 3 is 2.81 bits per heavy atom. The van der Waals surface area contributed by atoms with Gasteiger partial charge in [0, 0.05) is 49.6 Å². The van der Waals surface area contributed by atoms with E-state index in [-0.39, 0.29) is 17.8 Å². The normalized spacial score (nSPS) is 15.9. The molecule has 0 radical (unpaired) electrons. The second kappa shape index (κ2) is 9.04. The number of carbonyl (C=O) groups excluding carboxylic acids is 1. The molecule has 32 heavy (non-hydrogen) atoms. The molecule has 0 bridgehead atoms. The number of nitrogens with one attached hydrogen (secondary N) is 2. The number of fused-ring (bicyclic) bond motifs is 1. The molecule has 0 saturated carbocycles. The maximum absolute atomic E-state index is 14.7. The molecule has 0 unspecified atom stereocenters. The second-order valence-corrected chi connectivity index (χ2v) is 7.87. The van der Waals surface area contributed by atoms with Crippen LogP contribution in [-0.2, 0) is 4.74 Å². The van der Waals surface area contributed by atoms with Gasteiger partial charge in [-0.25, -0.2) is 19.2 Å². The minimum absolute atomic E-state index is 0.0288. The molecule has 2 amide bonds. The van der Waals surface area contributed by atoms with E-state index in [0.29, 0.717) is 31.3 Å². The Hall–Kier alpha value is -3.33. The summed E-state index contributed by atoms with van der Waals surface area (Å²) >= 11 is 0. The number of likely N-dealkylation sites (tertiary alicyclic amines) is 1. The third kappa shape index (κ3) is 4.34. The van der Waals surface area contributed by atoms with Gasteiger partial charge in [-0.2, -0.15) is 4.98 Å². The first-order chi connectivity index (χ1) is 15.4. The van der Waals surface area contributed by atoms with Gasteiger partial charge in [0.25, 0.3) is 0 Å². The summed E-state index contributed by atoms with van der Waals surface area (Å²) in [6.07, 6.45) is 2.51. The van der Waals surface area contributed by atoms with E-state index >= 15 is 0 Å². The van der Waals surface area contributed by atoms with Gasteiger partial charge in [0.1, 0.15) is 5.82 Å². The molecule has 8 nitrogen and oxygen atoms in total. The van der Waals surface area contributed by atoms with Crippen molar-refractivity contribution in [3.05, 3.63) is 41.5 Å². The van der Waals surface area contributed by atoms with E-state index in [1.165, 1.54) is 6.07 Å². The van der Waals surface area contributed by atoms with E-state index in [1.54, 1.807) is 24.2 Å². The van der Waals surface area contributed by atoms with Crippen LogP contribution in [0, 0.1) is 19.7 Å². The molecule has 1 fully saturated rings. The molecular weight excluding hydrogens is 411 g/mol. The number of ether oxygens (including phenoxy) is 1. The molecule has 3 heterocycles. The Balaban J connectivity index is 1.64. The van der Waals surface area contributed by atoms with Crippen molar-refractivity contribution in [3.63, 3.8) is 0 Å². The predicted molar refractivity (Wildman–Crippen MR) is 122 cm³/mol. The summed E-state index contributed by atoms with van der Waals surface area (Å²) in [5.41, 5.74) is 3.84. The third-order valence-electron chi connectivity index (χ3n) is 5.66. The molecular formula is C23H27FN6O2. The highest BCUT2D eigenvalue weighted by Crippen LogP contribution is 2.32. The maximum Gasteiger partial charge on any atom is 0.322 e. The molecule has 9 heteroatoms. The van der Waals surface area contributed by atoms with Crippen molar-refractivity contribution in [2.24, 2.45) is 0 Å². The topological polar surface area (TPSA) is 92.3 Å². The van der Waals surface area contributed by atoms with Crippen molar-refractivity contribution in [1.82, 2.24) is 19.9 Å². The van der Waals surface area contributed by atoms with Crippen LogP contribution >= 0.6 is 0 Å². The lowest BCUT2D eigenvalue weighted by molar-refractivity contribution is 0.0716. The minimum atomic E-state index is -0.478. The summed E-state index contributed by atoms with van der Waals surface area (Å²) in [7, 11) is 1.75. The first-order valence-corrected chi connectivity index (χ1v) is 10.7. The lowest BCUT2D eigenvalue weighted by atomic mass is 9.97. The van der Waals surface area contributed by atoms with Crippen LogP contribution in [0.2, 0.25) is 0 Å². The van der Waals surface area contributed by atoms with Crippen LogP contribution in [-0.4, -0.2) is 58.7 Å². The average Bonchev–Trinajstić information content (AvgIpc) is 3.24. The summed E-state index contributed by atoms with van der Waals surface area (Å²) < 4.78 is 20.3. The van der Waals surface area contributed by atoms with E-state index in [2.05, 4.69) is 25.6 Å². The van der Waals surface area contributed by atoms with Crippen LogP contribution in [0.4, 0.5) is 20.8 Å². The molecule has 0 aliphatic carbocycles. The van der Waals surface area contributed by atoms with Gasteiger partial charge >= 0.3 is 6.03 Å². The van der Waals surface area contributed by atoms with Crippen LogP contribution in [0.25, 0.3) is 22.2 Å². The van der Waals surface area contributed by atoms with Crippen LogP contribution < -0.4 is 10.6 Å². The number of aryl methyl sites for hydroxylation is 2. The highest BCUT2D eigenvalue weighted by Gasteiger charge is 2.27. The van der Waals surface area contributed by atoms with Gasteiger partial charge in [-0.05, 0) is 56.5 Å². The van der Waals surface area contributed by atoms with E-state index in [4.69, 9.17) is 4.74 Å². The molecule has 4 rings (SSSR count). The summed E-state index contributed by atoms with van der Waals surface area (Å²) in [6.45, 7) is 7.34. The Bertz CT molecular complexity index is 1170. The van der Waals surface area contributed by atoms with Gasteiger partial charge in [0.2, 0.25) is 5.95 Å². The van der Waals surface area contributed by atoms with Crippen molar-refractivity contribution >= 4 is 28.7 Å². The van der Waals surface area contributed by atoms with Crippen molar-refractivity contribution in [1.29, 1.82) is 0 Å². The number of hydrogen-bond donors (Lipinski definition) is 2. The summed E-state index contributed by atoms with van der Waals surface area (Å²) in [5, 5.41) is 6.41. The standard InChI is InChI=1S/C23H27FN6O2/c1-5-32-16-6-7-30(12-16)23(31)28-20-10-17(13(2)8-19(20)24)18-9-15-11-26-22(25-4)29-21(15)27-14(18)3/h8-11,16H,5-7,12H2,1-4H3,(H,28,31)(H,25,26,27,29)/t16-/m1/s1. The molecule has 3 aromatic rings. The molecule has 0 spiro atoms. The zero-order chi connectivity index (χ0) is 22.8. The first-order valence-electron chi connectivity index (χ1n) is 10.7. The monoisotopic (exact) mass is 438 g/mol. The van der Waals surface area contributed by atoms with E-state index in [0.717, 1.165) is 34.2 Å². The second-order valence-electron chi connectivity index (χ2n) is 7.87. The number of anilines is 2. The molecule has 1 saturated heterocycles. The van der Waals surface area contributed by atoms with Gasteiger partial charge < -0.3 is 20.3 Å². The van der Waals surface area contributed by atoms with Crippen molar-refractivity contribution < 1.29 is 13.9 Å². The predicted octanol–water partition coefficient (Wildman–Crippen LogP) is 4.13. The highest BCUT2D eigenvalue weighted by atomic mass is 19.1. The van der Waals surface area contributed by atoms with E-state index in [1.807, 2.05) is 26.8 Å². The Kier molecular flexibility index (Phi) is 6.18. The maximum atomic E-state index is 14.7. The fraction of sp³-hybridized carbons (Fsp3) is 0.391. The van der Waals surface area contributed by atoms with Crippen LogP contribution in [0.1, 0.15) is 24.6 Å². The molecule has 1 aromatic carbocycles. The lowest BCUT2D eigenvalue weighted by Crippen LogP contribution is -2.34. The minimum Gasteiger partial charge on any atom is -0.377 e. The van der Waals surface area contributed by atoms with Crippen molar-refractivity contribution in [2.45, 2.75) is 33.3 Å². The van der Waals surface area contributed by atoms with Crippen LogP contribution in [0.15, 0.2) is 24.4 Å². The number of nitrogens with zero attached hydrogens (tertiary/aromatic N) is 4. The number of urea groups is 1. The number of rotatable bonds is 5. The number of aromatic nitrogens is 3. The van der Waals surface area contributed by atoms with Crippen molar-refractivity contribution in [3.8, 4) is 11.1 Å². The average molecular weight is 439 g/mol. The van der Waals surface area contributed by atoms with Gasteiger partial charge in [-0.1, -0.05) is 0 Å². The molecule has 2 N–H and O–H groups in total. The van der Waals surface area contributed by atoms with Crippen molar-refractivity contribution in [2.75, 3.05) is 37.4 Å². The quantitative estimate of drug-likeness (QED) is 0.622. The fourth-order valence-corrected chi connectivity index (χ4v) is 3.98. The Morgan fingerprint density at radius 1 is 1.25 bits per heavy atom. The molecule has 2 aromatic heterocycles. The summed E-state index contributed by atoms with van der Waals surface area (Å²) in [6, 6.07) is 4.71. The zero-order valence-electron chi connectivity index (χ0n) is 18.7. The molecule has 1 aliphatic heterocycles. The number of halogens is 1.